The van der Waals surface area contributed by atoms with Crippen LogP contribution in [0.4, 0.5) is 0 Å². The van der Waals surface area contributed by atoms with E-state index < -0.39 is 0 Å². The van der Waals surface area contributed by atoms with Crippen LogP contribution in [0.5, 0.6) is 0 Å². The first-order valence-electron chi connectivity index (χ1n) is 12.9. The van der Waals surface area contributed by atoms with E-state index in [0.29, 0.717) is 10.9 Å². The average molecular weight is 481 g/mol. The Labute approximate surface area is 208 Å². The van der Waals surface area contributed by atoms with Crippen molar-refractivity contribution in [3.63, 3.8) is 0 Å². The molecule has 0 spiro atoms. The molecule has 182 valence electrons. The number of hydrogen-bond acceptors (Lipinski definition) is 3. The molecule has 1 heterocycles. The second kappa shape index (κ2) is 11.5. The van der Waals surface area contributed by atoms with E-state index in [1.807, 2.05) is 47.1 Å². The minimum Gasteiger partial charge on any atom is -0.393 e. The summed E-state index contributed by atoms with van der Waals surface area (Å²) >= 11 is 6.07. The van der Waals surface area contributed by atoms with Gasteiger partial charge in [-0.05, 0) is 87.6 Å². The molecule has 1 aromatic heterocycles. The number of aromatic nitrogens is 2. The molecule has 2 aliphatic rings. The Hall–Kier alpha value is -2.17. The molecule has 2 fully saturated rings. The van der Waals surface area contributed by atoms with E-state index in [1.165, 1.54) is 32.1 Å². The van der Waals surface area contributed by atoms with Crippen molar-refractivity contribution in [1.29, 1.82) is 0 Å². The van der Waals surface area contributed by atoms with Gasteiger partial charge in [0.15, 0.2) is 0 Å². The SMILES string of the molecule is CC(=O)C(c1c2ccccc2nn1-c1ccc(Cl)cc1)C1CCCCC1.CC1CCC(O)CC1. The molecule has 2 aromatic carbocycles. The lowest BCUT2D eigenvalue weighted by molar-refractivity contribution is -0.120. The molecule has 34 heavy (non-hydrogen) atoms. The summed E-state index contributed by atoms with van der Waals surface area (Å²) in [5.41, 5.74) is 2.91. The number of hydrogen-bond donors (Lipinski definition) is 1. The summed E-state index contributed by atoms with van der Waals surface area (Å²) in [5.74, 6) is 1.38. The van der Waals surface area contributed by atoms with Crippen molar-refractivity contribution in [3.8, 4) is 5.69 Å². The van der Waals surface area contributed by atoms with Crippen molar-refractivity contribution in [1.82, 2.24) is 9.78 Å². The van der Waals surface area contributed by atoms with Gasteiger partial charge in [0.25, 0.3) is 0 Å². The second-order valence-corrected chi connectivity index (χ2v) is 10.6. The predicted molar refractivity (Wildman–Crippen MR) is 140 cm³/mol. The molecule has 0 bridgehead atoms. The zero-order valence-electron chi connectivity index (χ0n) is 20.4. The van der Waals surface area contributed by atoms with Crippen LogP contribution in [0.25, 0.3) is 16.6 Å². The zero-order chi connectivity index (χ0) is 24.1. The molecule has 1 N–H and O–H groups in total. The van der Waals surface area contributed by atoms with Crippen molar-refractivity contribution in [3.05, 3.63) is 59.2 Å². The van der Waals surface area contributed by atoms with Gasteiger partial charge in [0, 0.05) is 10.4 Å². The maximum absolute atomic E-state index is 12.8. The highest BCUT2D eigenvalue weighted by Gasteiger charge is 2.33. The van der Waals surface area contributed by atoms with Gasteiger partial charge in [-0.3, -0.25) is 4.79 Å². The summed E-state index contributed by atoms with van der Waals surface area (Å²) < 4.78 is 1.96. The molecular weight excluding hydrogens is 444 g/mol. The number of benzene rings is 2. The van der Waals surface area contributed by atoms with Gasteiger partial charge in [-0.1, -0.05) is 56.0 Å². The van der Waals surface area contributed by atoms with Crippen molar-refractivity contribution in [2.75, 3.05) is 0 Å². The summed E-state index contributed by atoms with van der Waals surface area (Å²) in [5, 5.41) is 15.6. The van der Waals surface area contributed by atoms with Gasteiger partial charge in [0.05, 0.1) is 28.9 Å². The molecule has 2 aliphatic carbocycles. The van der Waals surface area contributed by atoms with Gasteiger partial charge < -0.3 is 5.11 Å². The summed E-state index contributed by atoms with van der Waals surface area (Å²) in [7, 11) is 0. The molecule has 5 rings (SSSR count). The molecule has 0 radical (unpaired) electrons. The zero-order valence-corrected chi connectivity index (χ0v) is 21.2. The Balaban J connectivity index is 0.000000291. The second-order valence-electron chi connectivity index (χ2n) is 10.2. The van der Waals surface area contributed by atoms with Gasteiger partial charge in [0.2, 0.25) is 0 Å². The van der Waals surface area contributed by atoms with Crippen LogP contribution in [0, 0.1) is 11.8 Å². The van der Waals surface area contributed by atoms with Gasteiger partial charge in [-0.25, -0.2) is 4.68 Å². The monoisotopic (exact) mass is 480 g/mol. The van der Waals surface area contributed by atoms with E-state index in [-0.39, 0.29) is 17.8 Å². The molecule has 1 unspecified atom stereocenters. The van der Waals surface area contributed by atoms with E-state index in [0.717, 1.165) is 53.9 Å². The van der Waals surface area contributed by atoms with Crippen molar-refractivity contribution < 1.29 is 9.90 Å². The van der Waals surface area contributed by atoms with Crippen LogP contribution in [0.2, 0.25) is 5.02 Å². The molecule has 0 amide bonds. The number of Topliss-reactive ketones (excluding diaryl/α,β-unsaturated/α-hetero) is 1. The van der Waals surface area contributed by atoms with Crippen LogP contribution in [-0.2, 0) is 4.79 Å². The Morgan fingerprint density at radius 3 is 2.24 bits per heavy atom. The van der Waals surface area contributed by atoms with E-state index >= 15 is 0 Å². The first-order valence-corrected chi connectivity index (χ1v) is 13.2. The number of aliphatic hydroxyl groups is 1. The van der Waals surface area contributed by atoms with Gasteiger partial charge in [-0.2, -0.15) is 5.10 Å². The number of fused-ring (bicyclic) bond motifs is 1. The Morgan fingerprint density at radius 1 is 0.971 bits per heavy atom. The van der Waals surface area contributed by atoms with Crippen molar-refractivity contribution in [2.45, 2.75) is 83.7 Å². The molecule has 1 atom stereocenters. The number of aliphatic hydroxyl groups excluding tert-OH is 1. The van der Waals surface area contributed by atoms with Gasteiger partial charge in [-0.15, -0.1) is 0 Å². The maximum Gasteiger partial charge on any atom is 0.139 e. The molecule has 5 heteroatoms. The lowest BCUT2D eigenvalue weighted by atomic mass is 9.76. The van der Waals surface area contributed by atoms with Crippen LogP contribution in [0.15, 0.2) is 48.5 Å². The number of rotatable bonds is 4. The molecular formula is C29H37ClN2O2. The lowest BCUT2D eigenvalue weighted by Gasteiger charge is -2.29. The Morgan fingerprint density at radius 2 is 1.62 bits per heavy atom. The minimum absolute atomic E-state index is 0.0196. The molecule has 2 saturated carbocycles. The summed E-state index contributed by atoms with van der Waals surface area (Å²) in [6.07, 6.45) is 10.5. The quantitative estimate of drug-likeness (QED) is 0.420. The highest BCUT2D eigenvalue weighted by atomic mass is 35.5. The largest absolute Gasteiger partial charge is 0.393 e. The molecule has 0 aliphatic heterocycles. The van der Waals surface area contributed by atoms with Crippen LogP contribution in [-0.4, -0.2) is 26.8 Å². The Kier molecular flexibility index (Phi) is 8.44. The summed E-state index contributed by atoms with van der Waals surface area (Å²) in [6, 6.07) is 15.8. The van der Waals surface area contributed by atoms with Crippen LogP contribution >= 0.6 is 11.6 Å². The van der Waals surface area contributed by atoms with E-state index in [4.69, 9.17) is 21.8 Å². The highest BCUT2D eigenvalue weighted by Crippen LogP contribution is 2.40. The van der Waals surface area contributed by atoms with Crippen LogP contribution in [0.1, 0.15) is 83.2 Å². The minimum atomic E-state index is -0.113. The van der Waals surface area contributed by atoms with Crippen LogP contribution < -0.4 is 0 Å². The predicted octanol–water partition coefficient (Wildman–Crippen LogP) is 7.49. The fourth-order valence-electron chi connectivity index (χ4n) is 5.59. The normalized spacial score (nSPS) is 22.1. The molecule has 4 nitrogen and oxygen atoms in total. The smallest absolute Gasteiger partial charge is 0.139 e. The van der Waals surface area contributed by atoms with Gasteiger partial charge in [0.1, 0.15) is 5.78 Å². The Bertz CT molecular complexity index is 1070. The van der Waals surface area contributed by atoms with Crippen LogP contribution in [0.3, 0.4) is 0 Å². The number of ketones is 1. The van der Waals surface area contributed by atoms with Crippen molar-refractivity contribution in [2.24, 2.45) is 11.8 Å². The van der Waals surface area contributed by atoms with Crippen molar-refractivity contribution >= 4 is 28.3 Å². The fraction of sp³-hybridized carbons (Fsp3) is 0.517. The maximum atomic E-state index is 12.8. The number of halogens is 1. The number of nitrogens with zero attached hydrogens (tertiary/aromatic N) is 2. The number of carbonyl (C=O) groups excluding carboxylic acids is 1. The van der Waals surface area contributed by atoms with Gasteiger partial charge >= 0.3 is 0 Å². The first-order chi connectivity index (χ1) is 16.4. The third-order valence-electron chi connectivity index (χ3n) is 7.53. The van der Waals surface area contributed by atoms with E-state index in [9.17, 15) is 4.79 Å². The third-order valence-corrected chi connectivity index (χ3v) is 7.78. The molecule has 3 aromatic rings. The third kappa shape index (κ3) is 5.90. The van der Waals surface area contributed by atoms with E-state index in [2.05, 4.69) is 13.0 Å². The summed E-state index contributed by atoms with van der Waals surface area (Å²) in [4.78, 5) is 12.8. The average Bonchev–Trinajstić information content (AvgIpc) is 3.22. The number of carbonyl (C=O) groups is 1. The highest BCUT2D eigenvalue weighted by molar-refractivity contribution is 6.30. The van der Waals surface area contributed by atoms with E-state index in [1.54, 1.807) is 6.92 Å². The molecule has 0 saturated heterocycles. The first kappa shape index (κ1) is 24.9. The lowest BCUT2D eigenvalue weighted by Crippen LogP contribution is -2.24. The topological polar surface area (TPSA) is 55.1 Å². The fourth-order valence-corrected chi connectivity index (χ4v) is 5.72. The summed E-state index contributed by atoms with van der Waals surface area (Å²) in [6.45, 7) is 3.99. The standard InChI is InChI=1S/C22H23ClN2O.C7H14O/c1-15(26)21(16-7-3-2-4-8-16)22-19-9-5-6-10-20(19)24-25(22)18-13-11-17(23)12-14-18;1-6-2-4-7(8)5-3-6/h5-6,9-14,16,21H,2-4,7-8H2,1H3;6-8H,2-5H2,1H3.